The third kappa shape index (κ3) is 3.35. The Balaban J connectivity index is 1.38. The van der Waals surface area contributed by atoms with E-state index in [-0.39, 0.29) is 24.9 Å². The number of halogens is 1. The molecule has 2 aromatic rings. The summed E-state index contributed by atoms with van der Waals surface area (Å²) in [5.41, 5.74) is 1.03. The van der Waals surface area contributed by atoms with E-state index in [0.29, 0.717) is 18.6 Å². The SMILES string of the molecule is O=C(OCCOc1ccccc1F)[C@@H]1CS[C@]2(c3ccccc3)CCC(=O)N12. The van der Waals surface area contributed by atoms with Crippen molar-refractivity contribution < 1.29 is 23.5 Å². The van der Waals surface area contributed by atoms with Crippen LogP contribution in [0, 0.1) is 5.82 Å². The number of amides is 1. The molecule has 2 aliphatic rings. The van der Waals surface area contributed by atoms with Crippen molar-refractivity contribution in [3.8, 4) is 5.75 Å². The maximum Gasteiger partial charge on any atom is 0.329 e. The second-order valence-electron chi connectivity index (χ2n) is 6.69. The Bertz CT molecular complexity index is 878. The summed E-state index contributed by atoms with van der Waals surface area (Å²) in [7, 11) is 0. The summed E-state index contributed by atoms with van der Waals surface area (Å²) >= 11 is 1.62. The molecule has 0 bridgehead atoms. The van der Waals surface area contributed by atoms with Crippen LogP contribution in [-0.4, -0.2) is 41.8 Å². The monoisotopic (exact) mass is 401 g/mol. The van der Waals surface area contributed by atoms with Gasteiger partial charge in [-0.2, -0.15) is 0 Å². The average Bonchev–Trinajstić information content (AvgIpc) is 3.26. The van der Waals surface area contributed by atoms with Crippen LogP contribution in [0.2, 0.25) is 0 Å². The Labute approximate surface area is 166 Å². The highest BCUT2D eigenvalue weighted by atomic mass is 32.2. The Morgan fingerprint density at radius 2 is 1.89 bits per heavy atom. The lowest BCUT2D eigenvalue weighted by Gasteiger charge is -2.33. The third-order valence-electron chi connectivity index (χ3n) is 5.05. The predicted octanol–water partition coefficient (Wildman–Crippen LogP) is 3.34. The summed E-state index contributed by atoms with van der Waals surface area (Å²) in [5, 5.41) is 0. The van der Waals surface area contributed by atoms with Crippen molar-refractivity contribution in [2.24, 2.45) is 0 Å². The van der Waals surface area contributed by atoms with E-state index in [4.69, 9.17) is 9.47 Å². The van der Waals surface area contributed by atoms with Gasteiger partial charge in [0.25, 0.3) is 0 Å². The van der Waals surface area contributed by atoms with E-state index in [1.807, 2.05) is 30.3 Å². The number of carbonyl (C=O) groups is 2. The number of fused-ring (bicyclic) bond motifs is 1. The van der Waals surface area contributed by atoms with Crippen LogP contribution in [-0.2, 0) is 19.2 Å². The Morgan fingerprint density at radius 1 is 1.14 bits per heavy atom. The molecular weight excluding hydrogens is 381 g/mol. The van der Waals surface area contributed by atoms with Crippen molar-refractivity contribution >= 4 is 23.6 Å². The minimum absolute atomic E-state index is 0.00526. The minimum Gasteiger partial charge on any atom is -0.487 e. The highest BCUT2D eigenvalue weighted by Crippen LogP contribution is 2.54. The van der Waals surface area contributed by atoms with Crippen molar-refractivity contribution in [1.82, 2.24) is 4.90 Å². The van der Waals surface area contributed by atoms with Crippen LogP contribution in [0.15, 0.2) is 54.6 Å². The zero-order valence-electron chi connectivity index (χ0n) is 15.2. The lowest BCUT2D eigenvalue weighted by Crippen LogP contribution is -2.46. The molecule has 2 atom stereocenters. The summed E-state index contributed by atoms with van der Waals surface area (Å²) in [6, 6.07) is 15.3. The predicted molar refractivity (Wildman–Crippen MR) is 103 cm³/mol. The van der Waals surface area contributed by atoms with Gasteiger partial charge in [0, 0.05) is 12.2 Å². The van der Waals surface area contributed by atoms with Crippen LogP contribution >= 0.6 is 11.8 Å². The largest absolute Gasteiger partial charge is 0.487 e. The van der Waals surface area contributed by atoms with Crippen molar-refractivity contribution in [2.45, 2.75) is 23.8 Å². The number of para-hydroxylation sites is 1. The second-order valence-corrected chi connectivity index (χ2v) is 7.98. The number of benzene rings is 2. The summed E-state index contributed by atoms with van der Waals surface area (Å²) in [4.78, 5) is 26.4. The first-order valence-corrected chi connectivity index (χ1v) is 10.2. The number of thioether (sulfide) groups is 1. The molecule has 28 heavy (non-hydrogen) atoms. The average molecular weight is 401 g/mol. The number of hydrogen-bond donors (Lipinski definition) is 0. The van der Waals surface area contributed by atoms with E-state index in [2.05, 4.69) is 0 Å². The zero-order chi connectivity index (χ0) is 19.6. The lowest BCUT2D eigenvalue weighted by molar-refractivity contribution is -0.154. The number of nitrogens with zero attached hydrogens (tertiary/aromatic N) is 1. The molecule has 7 heteroatoms. The van der Waals surface area contributed by atoms with Crippen LogP contribution in [0.5, 0.6) is 5.75 Å². The highest BCUT2D eigenvalue weighted by molar-refractivity contribution is 8.00. The number of esters is 1. The standard InChI is InChI=1S/C21H20FNO4S/c22-16-8-4-5-9-18(16)26-12-13-27-20(25)17-14-28-21(11-10-19(24)23(17)21)15-6-2-1-3-7-15/h1-9,17H,10-14H2/t17-,21-/m0/s1. The first-order chi connectivity index (χ1) is 13.6. The van der Waals surface area contributed by atoms with Gasteiger partial charge in [0.15, 0.2) is 11.6 Å². The van der Waals surface area contributed by atoms with Gasteiger partial charge in [-0.25, -0.2) is 9.18 Å². The maximum absolute atomic E-state index is 13.5. The number of carbonyl (C=O) groups excluding carboxylic acids is 2. The van der Waals surface area contributed by atoms with Crippen molar-refractivity contribution in [3.05, 3.63) is 66.0 Å². The molecule has 0 N–H and O–H groups in total. The lowest BCUT2D eigenvalue weighted by atomic mass is 10.0. The molecule has 0 spiro atoms. The van der Waals surface area contributed by atoms with Gasteiger partial charge in [-0.3, -0.25) is 4.79 Å². The molecule has 2 aromatic carbocycles. The molecule has 4 rings (SSSR count). The fourth-order valence-electron chi connectivity index (χ4n) is 3.77. The summed E-state index contributed by atoms with van der Waals surface area (Å²) in [6.45, 7) is 0.0407. The molecule has 0 unspecified atom stereocenters. The van der Waals surface area contributed by atoms with E-state index in [1.54, 1.807) is 28.8 Å². The van der Waals surface area contributed by atoms with E-state index in [0.717, 1.165) is 5.56 Å². The first kappa shape index (κ1) is 18.8. The van der Waals surface area contributed by atoms with E-state index >= 15 is 0 Å². The van der Waals surface area contributed by atoms with E-state index in [1.165, 1.54) is 12.1 Å². The smallest absolute Gasteiger partial charge is 0.329 e. The summed E-state index contributed by atoms with van der Waals surface area (Å²) in [5.74, 6) is -0.326. The number of rotatable bonds is 6. The van der Waals surface area contributed by atoms with Gasteiger partial charge in [-0.15, -0.1) is 11.8 Å². The zero-order valence-corrected chi connectivity index (χ0v) is 16.0. The molecule has 2 heterocycles. The van der Waals surface area contributed by atoms with Crippen molar-refractivity contribution in [1.29, 1.82) is 0 Å². The molecule has 0 saturated carbocycles. The van der Waals surface area contributed by atoms with Crippen LogP contribution in [0.4, 0.5) is 4.39 Å². The van der Waals surface area contributed by atoms with Gasteiger partial charge in [0.1, 0.15) is 24.1 Å². The van der Waals surface area contributed by atoms with Crippen LogP contribution < -0.4 is 4.74 Å². The molecule has 2 saturated heterocycles. The summed E-state index contributed by atoms with van der Waals surface area (Å²) < 4.78 is 24.2. The molecule has 0 radical (unpaired) electrons. The molecule has 146 valence electrons. The van der Waals surface area contributed by atoms with Gasteiger partial charge < -0.3 is 14.4 Å². The molecule has 0 aliphatic carbocycles. The number of hydrogen-bond acceptors (Lipinski definition) is 5. The summed E-state index contributed by atoms with van der Waals surface area (Å²) in [6.07, 6.45) is 1.10. The van der Waals surface area contributed by atoms with Crippen LogP contribution in [0.1, 0.15) is 18.4 Å². The molecule has 0 aromatic heterocycles. The van der Waals surface area contributed by atoms with Gasteiger partial charge in [0.05, 0.1) is 0 Å². The van der Waals surface area contributed by atoms with Gasteiger partial charge in [-0.1, -0.05) is 42.5 Å². The van der Waals surface area contributed by atoms with Crippen LogP contribution in [0.25, 0.3) is 0 Å². The molecular formula is C21H20FNO4S. The van der Waals surface area contributed by atoms with Gasteiger partial charge in [0.2, 0.25) is 5.91 Å². The Morgan fingerprint density at radius 3 is 2.68 bits per heavy atom. The topological polar surface area (TPSA) is 55.8 Å². The quantitative estimate of drug-likeness (QED) is 0.549. The third-order valence-corrected chi connectivity index (χ3v) is 6.64. The fraction of sp³-hybridized carbons (Fsp3) is 0.333. The molecule has 5 nitrogen and oxygen atoms in total. The molecule has 1 amide bonds. The van der Waals surface area contributed by atoms with Crippen LogP contribution in [0.3, 0.4) is 0 Å². The molecule has 2 fully saturated rings. The minimum atomic E-state index is -0.617. The van der Waals surface area contributed by atoms with Gasteiger partial charge in [-0.05, 0) is 24.1 Å². The van der Waals surface area contributed by atoms with Crippen molar-refractivity contribution in [3.63, 3.8) is 0 Å². The van der Waals surface area contributed by atoms with Gasteiger partial charge >= 0.3 is 5.97 Å². The van der Waals surface area contributed by atoms with E-state index < -0.39 is 22.7 Å². The van der Waals surface area contributed by atoms with Crippen molar-refractivity contribution in [2.75, 3.05) is 19.0 Å². The number of ether oxygens (including phenoxy) is 2. The van der Waals surface area contributed by atoms with E-state index in [9.17, 15) is 14.0 Å². The second kappa shape index (κ2) is 7.83. The normalized spacial score (nSPS) is 23.5. The highest BCUT2D eigenvalue weighted by Gasteiger charge is 2.57. The Kier molecular flexibility index (Phi) is 5.26. The first-order valence-electron chi connectivity index (χ1n) is 9.17. The Hall–Kier alpha value is -2.54. The fourth-order valence-corrected chi connectivity index (χ4v) is 5.40. The molecule has 2 aliphatic heterocycles. The maximum atomic E-state index is 13.5.